The van der Waals surface area contributed by atoms with Crippen molar-refractivity contribution in [2.24, 2.45) is 25.4 Å². The van der Waals surface area contributed by atoms with Gasteiger partial charge >= 0.3 is 48.9 Å². The molecule has 0 aromatic heterocycles. The number of benzene rings is 8. The number of hydrogen-bond acceptors (Lipinski definition) is 15. The second-order valence-electron chi connectivity index (χ2n) is 15.7. The average molecular weight is 1220 g/mol. The molecule has 8 rings (SSSR count). The topological polar surface area (TPSA) is 284 Å². The molecule has 75 heavy (non-hydrogen) atoms. The Labute approximate surface area is 481 Å². The molecule has 0 radical (unpaired) electrons. The van der Waals surface area contributed by atoms with Crippen LogP contribution >= 0.6 is 23.2 Å². The molecule has 0 saturated heterocycles. The summed E-state index contributed by atoms with van der Waals surface area (Å²) in [5.41, 5.74) is 1.52. The Bertz CT molecular complexity index is 3830. The zero-order valence-corrected chi connectivity index (χ0v) is 47.7. The van der Waals surface area contributed by atoms with Gasteiger partial charge in [0, 0.05) is 10.8 Å². The maximum absolute atomic E-state index is 13.4. The quantitative estimate of drug-likeness (QED) is 0.0260. The van der Waals surface area contributed by atoms with Gasteiger partial charge < -0.3 is 30.1 Å². The molecule has 0 aliphatic heterocycles. The molecular formula is C52H42BaCl2N6O12S2. The van der Waals surface area contributed by atoms with Crippen molar-refractivity contribution in [3.05, 3.63) is 166 Å². The molecule has 0 aliphatic rings. The number of nitrogens with zero attached hydrogens (tertiary/aromatic N) is 5. The molecule has 380 valence electrons. The first-order valence-corrected chi connectivity index (χ1v) is 25.7. The Morgan fingerprint density at radius 3 is 1.59 bits per heavy atom. The van der Waals surface area contributed by atoms with Crippen LogP contribution in [0.3, 0.4) is 0 Å². The van der Waals surface area contributed by atoms with Crippen LogP contribution in [0.25, 0.3) is 21.5 Å². The number of amides is 1. The minimum Gasteiger partial charge on any atom is -0.871 e. The monoisotopic (exact) mass is 1210 g/mol. The van der Waals surface area contributed by atoms with Crippen LogP contribution in [0.2, 0.25) is 10.0 Å². The first-order valence-electron chi connectivity index (χ1n) is 22.0. The first-order chi connectivity index (χ1) is 35.3. The fraction of sp³-hybridized carbons (Fsp3) is 0.115. The number of methoxy groups -OCH3 is 2. The summed E-state index contributed by atoms with van der Waals surface area (Å²) in [7, 11) is -6.14. The molecule has 0 fully saturated rings. The molecule has 0 aliphatic carbocycles. The van der Waals surface area contributed by atoms with Gasteiger partial charge in [-0.2, -0.15) is 32.2 Å². The summed E-state index contributed by atoms with van der Waals surface area (Å²) in [6, 6.07) is 35.3. The van der Waals surface area contributed by atoms with E-state index in [2.05, 4.69) is 30.8 Å². The average Bonchev–Trinajstić information content (AvgIpc) is 3.37. The maximum atomic E-state index is 13.4. The number of carbonyl (C=O) groups is 1. The molecular weight excluding hydrogens is 1170 g/mol. The molecule has 18 nitrogen and oxygen atoms in total. The minimum atomic E-state index is -4.54. The Hall–Kier alpha value is -6.41. The second kappa shape index (κ2) is 25.0. The maximum Gasteiger partial charge on any atom is 2.00 e. The number of azo groups is 2. The van der Waals surface area contributed by atoms with Gasteiger partial charge in [0.2, 0.25) is 0 Å². The summed E-state index contributed by atoms with van der Waals surface area (Å²) in [5, 5.41) is 58.9. The number of para-hydroxylation sites is 4. The molecule has 4 N–H and O–H groups in total. The predicted molar refractivity (Wildman–Crippen MR) is 285 cm³/mol. The van der Waals surface area contributed by atoms with Gasteiger partial charge in [0.15, 0.2) is 5.75 Å². The second-order valence-corrected chi connectivity index (χ2v) is 19.3. The number of halogens is 2. The smallest absolute Gasteiger partial charge is 0.871 e. The number of nitrogens with one attached hydrogen (secondary N) is 1. The van der Waals surface area contributed by atoms with Gasteiger partial charge in [0.05, 0.1) is 52.6 Å². The van der Waals surface area contributed by atoms with E-state index < -0.39 is 53.3 Å². The molecule has 0 unspecified atom stereocenters. The number of aliphatic imine (C=N–C) groups is 1. The number of carbonyl (C=O) groups excluding carboxylic acids is 1. The molecule has 0 saturated carbocycles. The third-order valence-electron chi connectivity index (χ3n) is 11.3. The third-order valence-corrected chi connectivity index (χ3v) is 14.1. The van der Waals surface area contributed by atoms with Crippen molar-refractivity contribution in [1.82, 2.24) is 0 Å². The minimum absolute atomic E-state index is 0. The van der Waals surface area contributed by atoms with Crippen molar-refractivity contribution >= 4 is 160 Å². The van der Waals surface area contributed by atoms with Gasteiger partial charge in [-0.25, -0.2) is 0 Å². The van der Waals surface area contributed by atoms with Crippen LogP contribution in [0, 0.1) is 0 Å². The molecule has 0 heterocycles. The van der Waals surface area contributed by atoms with E-state index in [0.717, 1.165) is 12.1 Å². The van der Waals surface area contributed by atoms with Crippen LogP contribution in [0.5, 0.6) is 23.0 Å². The zero-order chi connectivity index (χ0) is 53.5. The van der Waals surface area contributed by atoms with E-state index in [0.29, 0.717) is 56.3 Å². The van der Waals surface area contributed by atoms with Crippen LogP contribution in [0.4, 0.5) is 34.1 Å². The summed E-state index contributed by atoms with van der Waals surface area (Å²) in [5.74, 6) is -1.60. The number of anilines is 1. The van der Waals surface area contributed by atoms with E-state index in [4.69, 9.17) is 32.7 Å². The molecule has 0 spiro atoms. The van der Waals surface area contributed by atoms with Crippen LogP contribution in [0.15, 0.2) is 169 Å². The van der Waals surface area contributed by atoms with E-state index in [1.807, 2.05) is 0 Å². The molecule has 8 aromatic carbocycles. The predicted octanol–water partition coefficient (Wildman–Crippen LogP) is 11.5. The third kappa shape index (κ3) is 13.0. The number of rotatable bonds is 14. The van der Waals surface area contributed by atoms with Crippen molar-refractivity contribution in [3.63, 3.8) is 0 Å². The largest absolute Gasteiger partial charge is 2.00 e. The van der Waals surface area contributed by atoms with E-state index >= 15 is 0 Å². The summed E-state index contributed by atoms with van der Waals surface area (Å²) in [4.78, 5) is 16.3. The number of aromatic hydroxyl groups is 1. The fourth-order valence-electron chi connectivity index (χ4n) is 7.63. The van der Waals surface area contributed by atoms with E-state index in [1.54, 1.807) is 117 Å². The zero-order valence-electron chi connectivity index (χ0n) is 40.1. The van der Waals surface area contributed by atoms with Crippen molar-refractivity contribution in [2.45, 2.75) is 36.5 Å². The molecule has 0 atom stereocenters. The number of phenols is 1. The van der Waals surface area contributed by atoms with Gasteiger partial charge in [0.25, 0.3) is 26.1 Å². The Kier molecular flexibility index (Phi) is 19.3. The Balaban J connectivity index is 0.000000241. The van der Waals surface area contributed by atoms with Gasteiger partial charge in [-0.05, 0) is 107 Å². The molecule has 8 aromatic rings. The number of fused-ring (bicyclic) bond motifs is 2. The van der Waals surface area contributed by atoms with Crippen LogP contribution in [0.1, 0.15) is 40.9 Å². The van der Waals surface area contributed by atoms with Crippen molar-refractivity contribution in [2.75, 3.05) is 19.5 Å². The number of ether oxygens (including phenoxy) is 2. The van der Waals surface area contributed by atoms with Gasteiger partial charge in [-0.15, -0.1) is 5.11 Å². The van der Waals surface area contributed by atoms with Crippen molar-refractivity contribution in [3.8, 4) is 23.0 Å². The van der Waals surface area contributed by atoms with E-state index in [-0.39, 0.29) is 105 Å². The van der Waals surface area contributed by atoms with Crippen LogP contribution in [-0.2, 0) is 33.1 Å². The van der Waals surface area contributed by atoms with Crippen LogP contribution < -0.4 is 25.0 Å². The van der Waals surface area contributed by atoms with Crippen LogP contribution in [-0.4, -0.2) is 106 Å². The summed E-state index contributed by atoms with van der Waals surface area (Å²) < 4.78 is 75.8. The van der Waals surface area contributed by atoms with Gasteiger partial charge in [-0.1, -0.05) is 116 Å². The van der Waals surface area contributed by atoms with Crippen molar-refractivity contribution in [1.29, 1.82) is 0 Å². The number of phenolic OH excluding ortho intramolecular Hbond substituents is 1. The first kappa shape index (κ1) is 57.9. The Morgan fingerprint density at radius 2 is 1.07 bits per heavy atom. The van der Waals surface area contributed by atoms with E-state index in [1.165, 1.54) is 32.4 Å². The Morgan fingerprint density at radius 1 is 0.613 bits per heavy atom. The SMILES string of the molecule is CCc1c(N=Nc2c(O)c(C(=O)Nc3ccccc3OC)cc3ccccc23)ccc(S(=O)(=O)O)c1Cl.CCc1c(N=Nc2c([O-])c(C([O-])=Nc3ccccc3OC)cc3ccccc23)ccc(S(=O)(=O)O)c1Cl.[Ba+2]. The summed E-state index contributed by atoms with van der Waals surface area (Å²) >= 11 is 12.4. The van der Waals surface area contributed by atoms with Gasteiger partial charge in [-0.3, -0.25) is 18.9 Å². The van der Waals surface area contributed by atoms with Gasteiger partial charge in [0.1, 0.15) is 32.7 Å². The standard InChI is InChI=1S/2C26H22ClN3O6S.Ba/c2*1-3-16-19(12-13-22(23(16)27)37(33,34)35)29-30-24-17-9-5-4-8-15(17)14-18(25(24)31)26(32)28-20-10-6-7-11-21(20)36-2;/h2*4-14,31H,3H2,1-2H3,(H,28,32)(H,33,34,35);/q;;+2/p-2. The normalized spacial score (nSPS) is 11.9. The van der Waals surface area contributed by atoms with E-state index in [9.17, 15) is 46.1 Å². The molecule has 0 bridgehead atoms. The summed E-state index contributed by atoms with van der Waals surface area (Å²) in [6.45, 7) is 3.46. The fourth-order valence-corrected chi connectivity index (χ4v) is 9.99. The summed E-state index contributed by atoms with van der Waals surface area (Å²) in [6.07, 6.45) is 0.572. The van der Waals surface area contributed by atoms with Crippen molar-refractivity contribution < 1.29 is 55.5 Å². The number of hydrogen-bond donors (Lipinski definition) is 4. The molecule has 23 heteroatoms. The molecule has 1 amide bonds.